The summed E-state index contributed by atoms with van der Waals surface area (Å²) in [5.74, 6) is 0. The Labute approximate surface area is 110 Å². The number of nitrogens with one attached hydrogen (secondary N) is 1. The zero-order valence-electron chi connectivity index (χ0n) is 7.79. The second-order valence-electron chi connectivity index (χ2n) is 2.13. The Balaban J connectivity index is 0. The second kappa shape index (κ2) is 5.91. The molecule has 54 valence electrons. The first kappa shape index (κ1) is 11.3. The van der Waals surface area contributed by atoms with Crippen LogP contribution in [-0.4, -0.2) is 6.41 Å². The van der Waals surface area contributed by atoms with E-state index in [1.165, 1.54) is 5.56 Å². The molecule has 1 amide bonds. The summed E-state index contributed by atoms with van der Waals surface area (Å²) in [6.07, 6.45) is 0.671. The van der Waals surface area contributed by atoms with Crippen molar-refractivity contribution in [1.82, 2.24) is 0 Å². The summed E-state index contributed by atoms with van der Waals surface area (Å²) in [5.41, 5.74) is 2.03. The maximum Gasteiger partial charge on any atom is 1.00 e. The molecule has 0 radical (unpaired) electrons. The van der Waals surface area contributed by atoms with Crippen LogP contribution >= 0.6 is 0 Å². The first-order valence-electron chi connectivity index (χ1n) is 3.10. The molecular weight excluding hydrogens is 165 g/mol. The molecule has 0 spiro atoms. The third-order valence-electron chi connectivity index (χ3n) is 1.28. The fourth-order valence-corrected chi connectivity index (χ4v) is 0.718. The number of carbonyl (C=O) groups is 1. The van der Waals surface area contributed by atoms with Gasteiger partial charge in [-0.15, -0.1) is 0 Å². The first-order chi connectivity index (χ1) is 4.83. The molecule has 0 heterocycles. The summed E-state index contributed by atoms with van der Waals surface area (Å²) in [6, 6.07) is 7.63. The Morgan fingerprint density at radius 2 is 1.91 bits per heavy atom. The van der Waals surface area contributed by atoms with Crippen molar-refractivity contribution in [2.75, 3.05) is 5.32 Å². The average Bonchev–Trinajstić information content (AvgIpc) is 1.95. The monoisotopic (exact) mass is 175 g/mol. The van der Waals surface area contributed by atoms with Crippen molar-refractivity contribution in [3.8, 4) is 0 Å². The zero-order chi connectivity index (χ0) is 7.40. The minimum atomic E-state index is 0. The van der Waals surface area contributed by atoms with E-state index in [1.54, 1.807) is 0 Å². The van der Waals surface area contributed by atoms with Gasteiger partial charge in [-0.3, -0.25) is 4.79 Å². The Morgan fingerprint density at radius 1 is 1.36 bits per heavy atom. The zero-order valence-corrected chi connectivity index (χ0v) is 9.92. The van der Waals surface area contributed by atoms with E-state index in [9.17, 15) is 4.79 Å². The van der Waals surface area contributed by atoms with Gasteiger partial charge in [0.15, 0.2) is 0 Å². The molecule has 2 nitrogen and oxygen atoms in total. The van der Waals surface area contributed by atoms with Crippen molar-refractivity contribution in [3.63, 3.8) is 0 Å². The van der Waals surface area contributed by atoms with Crippen LogP contribution in [0.5, 0.6) is 0 Å². The maximum atomic E-state index is 9.95. The van der Waals surface area contributed by atoms with Crippen LogP contribution in [0.2, 0.25) is 0 Å². The SMILES string of the molecule is Cc1ccc(NC=O)cc1.[H-].[K+]. The molecule has 1 aromatic carbocycles. The Bertz CT molecular complexity index is 225. The van der Waals surface area contributed by atoms with E-state index in [0.717, 1.165) is 5.69 Å². The molecule has 0 saturated carbocycles. The smallest absolute Gasteiger partial charge is 1.00 e. The van der Waals surface area contributed by atoms with Crippen LogP contribution in [-0.2, 0) is 4.79 Å². The first-order valence-corrected chi connectivity index (χ1v) is 3.10. The molecule has 0 fully saturated rings. The fourth-order valence-electron chi connectivity index (χ4n) is 0.718. The van der Waals surface area contributed by atoms with Crippen LogP contribution in [0.4, 0.5) is 5.69 Å². The average molecular weight is 175 g/mol. The number of benzene rings is 1. The molecular formula is C8H10KNO. The van der Waals surface area contributed by atoms with Gasteiger partial charge in [-0.05, 0) is 19.1 Å². The number of rotatable bonds is 2. The molecule has 0 aromatic heterocycles. The van der Waals surface area contributed by atoms with Gasteiger partial charge in [-0.2, -0.15) is 0 Å². The molecule has 3 heteroatoms. The number of amides is 1. The van der Waals surface area contributed by atoms with Gasteiger partial charge in [0.25, 0.3) is 0 Å². The van der Waals surface area contributed by atoms with Crippen LogP contribution in [0.3, 0.4) is 0 Å². The van der Waals surface area contributed by atoms with Crippen LogP contribution in [0.15, 0.2) is 24.3 Å². The number of hydrogen-bond acceptors (Lipinski definition) is 1. The Hall–Kier alpha value is 0.326. The van der Waals surface area contributed by atoms with Crippen LogP contribution < -0.4 is 56.7 Å². The number of hydrogen-bond donors (Lipinski definition) is 1. The van der Waals surface area contributed by atoms with Crippen molar-refractivity contribution >= 4 is 12.1 Å². The summed E-state index contributed by atoms with van der Waals surface area (Å²) in [7, 11) is 0. The van der Waals surface area contributed by atoms with Gasteiger partial charge < -0.3 is 6.74 Å². The molecule has 1 aromatic rings. The van der Waals surface area contributed by atoms with E-state index < -0.39 is 0 Å². The van der Waals surface area contributed by atoms with Crippen LogP contribution in [0.25, 0.3) is 0 Å². The number of aryl methyl sites for hydroxylation is 1. The summed E-state index contributed by atoms with van der Waals surface area (Å²) < 4.78 is 0. The second-order valence-corrected chi connectivity index (χ2v) is 2.13. The normalized spacial score (nSPS) is 8.09. The third kappa shape index (κ3) is 4.03. The summed E-state index contributed by atoms with van der Waals surface area (Å²) in [5, 5.41) is 2.55. The van der Waals surface area contributed by atoms with E-state index in [1.807, 2.05) is 31.2 Å². The standard InChI is InChI=1S/C8H9NO.K.H/c1-7-2-4-8(5-3-7)9-6-10;;/h2-6H,1H3,(H,9,10);;/q;+1;-1. The van der Waals surface area contributed by atoms with Crippen molar-refractivity contribution in [2.45, 2.75) is 6.92 Å². The minimum Gasteiger partial charge on any atom is -1.00 e. The number of anilines is 1. The van der Waals surface area contributed by atoms with E-state index in [-0.39, 0.29) is 52.8 Å². The molecule has 0 aliphatic heterocycles. The molecule has 0 aliphatic rings. The van der Waals surface area contributed by atoms with Gasteiger partial charge in [0.1, 0.15) is 0 Å². The van der Waals surface area contributed by atoms with Gasteiger partial charge in [0.05, 0.1) is 0 Å². The fraction of sp³-hybridized carbons (Fsp3) is 0.125. The molecule has 1 N–H and O–H groups in total. The topological polar surface area (TPSA) is 29.1 Å². The molecule has 0 saturated heterocycles. The summed E-state index contributed by atoms with van der Waals surface area (Å²) in [4.78, 5) is 9.95. The van der Waals surface area contributed by atoms with Crippen LogP contribution in [0, 0.1) is 6.92 Å². The molecule has 11 heavy (non-hydrogen) atoms. The van der Waals surface area contributed by atoms with Crippen molar-refractivity contribution < 1.29 is 57.6 Å². The predicted octanol–water partition coefficient (Wildman–Crippen LogP) is -1.32. The van der Waals surface area contributed by atoms with Crippen LogP contribution in [0.1, 0.15) is 6.99 Å². The molecule has 0 aliphatic carbocycles. The largest absolute Gasteiger partial charge is 1.00 e. The molecule has 0 atom stereocenters. The van der Waals surface area contributed by atoms with E-state index in [2.05, 4.69) is 5.32 Å². The number of carbonyl (C=O) groups excluding carboxylic acids is 1. The molecule has 0 bridgehead atoms. The van der Waals surface area contributed by atoms with Crippen molar-refractivity contribution in [1.29, 1.82) is 0 Å². The summed E-state index contributed by atoms with van der Waals surface area (Å²) >= 11 is 0. The van der Waals surface area contributed by atoms with Gasteiger partial charge in [0, 0.05) is 5.69 Å². The van der Waals surface area contributed by atoms with Crippen molar-refractivity contribution in [2.24, 2.45) is 0 Å². The Morgan fingerprint density at radius 3 is 2.36 bits per heavy atom. The third-order valence-corrected chi connectivity index (χ3v) is 1.28. The molecule has 1 rings (SSSR count). The van der Waals surface area contributed by atoms with Crippen molar-refractivity contribution in [3.05, 3.63) is 29.8 Å². The van der Waals surface area contributed by atoms with Gasteiger partial charge in [-0.25, -0.2) is 0 Å². The maximum absolute atomic E-state index is 9.95. The van der Waals surface area contributed by atoms with Gasteiger partial charge >= 0.3 is 51.4 Å². The minimum absolute atomic E-state index is 0. The predicted molar refractivity (Wildman–Crippen MR) is 42.0 cm³/mol. The van der Waals surface area contributed by atoms with E-state index in [0.29, 0.717) is 6.41 Å². The molecule has 0 unspecified atom stereocenters. The van der Waals surface area contributed by atoms with Gasteiger partial charge in [0.2, 0.25) is 6.41 Å². The van der Waals surface area contributed by atoms with E-state index >= 15 is 0 Å². The summed E-state index contributed by atoms with van der Waals surface area (Å²) in [6.45, 7) is 2.00. The quantitative estimate of drug-likeness (QED) is 0.438. The van der Waals surface area contributed by atoms with Gasteiger partial charge in [-0.1, -0.05) is 17.7 Å². The Kier molecular flexibility index (Phi) is 6.09. The van der Waals surface area contributed by atoms with E-state index in [4.69, 9.17) is 0 Å².